The van der Waals surface area contributed by atoms with Gasteiger partial charge in [-0.05, 0) is 0 Å². The van der Waals surface area contributed by atoms with E-state index in [9.17, 15) is 32.1 Å². The van der Waals surface area contributed by atoms with Crippen molar-refractivity contribution in [3.8, 4) is 0 Å². The average Bonchev–Trinajstić information content (AvgIpc) is 3.13. The van der Waals surface area contributed by atoms with Gasteiger partial charge in [-0.15, -0.1) is 22.9 Å². The van der Waals surface area contributed by atoms with Crippen molar-refractivity contribution in [1.29, 1.82) is 0 Å². The lowest BCUT2D eigenvalue weighted by atomic mass is 9.97. The van der Waals surface area contributed by atoms with Crippen LogP contribution in [0, 0.1) is 0 Å². The number of anilines is 1. The van der Waals surface area contributed by atoms with Gasteiger partial charge in [-0.1, -0.05) is 5.16 Å². The largest absolute Gasteiger partial charge is 0.398 e. The monoisotopic (exact) mass is 496 g/mol. The summed E-state index contributed by atoms with van der Waals surface area (Å²) >= 11 is 6.35. The van der Waals surface area contributed by atoms with E-state index in [4.69, 9.17) is 11.6 Å². The van der Waals surface area contributed by atoms with E-state index in [1.54, 1.807) is 0 Å². The van der Waals surface area contributed by atoms with E-state index in [2.05, 4.69) is 25.6 Å². The highest BCUT2D eigenvalue weighted by atomic mass is 35.5. The van der Waals surface area contributed by atoms with Gasteiger partial charge in [-0.25, -0.2) is 4.98 Å². The number of nitrogens with one attached hydrogen (secondary N) is 2. The van der Waals surface area contributed by atoms with Gasteiger partial charge in [0.25, 0.3) is 11.8 Å². The van der Waals surface area contributed by atoms with Crippen molar-refractivity contribution in [3.63, 3.8) is 0 Å². The molecule has 0 bridgehead atoms. The molecule has 170 valence electrons. The van der Waals surface area contributed by atoms with Crippen LogP contribution in [0.1, 0.15) is 5.69 Å². The number of carbonyl (C=O) groups is 4. The zero-order chi connectivity index (χ0) is 23.5. The van der Waals surface area contributed by atoms with Gasteiger partial charge in [0.2, 0.25) is 11.8 Å². The number of oxime groups is 1. The highest BCUT2D eigenvalue weighted by Gasteiger charge is 2.58. The summed E-state index contributed by atoms with van der Waals surface area (Å²) in [6.45, 7) is 0. The fraction of sp³-hybridized carbons (Fsp3) is 0.429. The topological polar surface area (TPSA) is 188 Å². The van der Waals surface area contributed by atoms with Gasteiger partial charge in [0.1, 0.15) is 24.7 Å². The Balaban J connectivity index is 2.27. The molecule has 1 aliphatic heterocycles. The van der Waals surface area contributed by atoms with Crippen LogP contribution in [0.4, 0.5) is 5.13 Å². The van der Waals surface area contributed by atoms with Crippen LogP contribution >= 0.6 is 22.9 Å². The van der Waals surface area contributed by atoms with Gasteiger partial charge >= 0.3 is 10.3 Å². The molecule has 1 aliphatic rings. The molecule has 1 fully saturated rings. The predicted molar refractivity (Wildman–Crippen MR) is 108 cm³/mol. The Morgan fingerprint density at radius 2 is 2.06 bits per heavy atom. The van der Waals surface area contributed by atoms with Crippen molar-refractivity contribution in [2.75, 3.05) is 32.4 Å². The van der Waals surface area contributed by atoms with Crippen molar-refractivity contribution in [3.05, 3.63) is 11.1 Å². The first kappa shape index (κ1) is 24.4. The molecular weight excluding hydrogens is 480 g/mol. The van der Waals surface area contributed by atoms with Crippen molar-refractivity contribution in [1.82, 2.24) is 19.5 Å². The van der Waals surface area contributed by atoms with E-state index in [-0.39, 0.29) is 21.0 Å². The van der Waals surface area contributed by atoms with Gasteiger partial charge in [0.05, 0.1) is 0 Å². The average molecular weight is 497 g/mol. The summed E-state index contributed by atoms with van der Waals surface area (Å²) in [7, 11) is -1.29. The molecule has 0 unspecified atom stereocenters. The minimum atomic E-state index is -5.04. The minimum absolute atomic E-state index is 0.0317. The lowest BCUT2D eigenvalue weighted by molar-refractivity contribution is -0.155. The number of rotatable bonds is 8. The van der Waals surface area contributed by atoms with Crippen molar-refractivity contribution in [2.45, 2.75) is 12.1 Å². The van der Waals surface area contributed by atoms with Crippen LogP contribution in [0.5, 0.6) is 0 Å². The van der Waals surface area contributed by atoms with Gasteiger partial charge in [-0.2, -0.15) is 12.7 Å². The van der Waals surface area contributed by atoms with Crippen LogP contribution in [-0.2, 0) is 34.3 Å². The summed E-state index contributed by atoms with van der Waals surface area (Å²) in [5, 5.41) is 9.57. The molecule has 2 atom stereocenters. The van der Waals surface area contributed by atoms with Crippen molar-refractivity contribution in [2.24, 2.45) is 5.16 Å². The van der Waals surface area contributed by atoms with E-state index in [0.717, 1.165) is 23.3 Å². The van der Waals surface area contributed by atoms with Crippen LogP contribution in [0.25, 0.3) is 0 Å². The Labute approximate surface area is 185 Å². The number of hydrogen-bond donors (Lipinski definition) is 3. The first-order valence-electron chi connectivity index (χ1n) is 8.18. The molecule has 17 heteroatoms. The van der Waals surface area contributed by atoms with Gasteiger partial charge in [0, 0.05) is 19.5 Å². The van der Waals surface area contributed by atoms with E-state index >= 15 is 0 Å². The molecule has 1 aromatic heterocycles. The molecule has 0 saturated carbocycles. The summed E-state index contributed by atoms with van der Waals surface area (Å²) in [4.78, 5) is 58.2. The molecule has 0 aliphatic carbocycles. The van der Waals surface area contributed by atoms with E-state index in [1.165, 1.54) is 19.5 Å². The Kier molecular flexibility index (Phi) is 7.53. The van der Waals surface area contributed by atoms with Crippen LogP contribution < -0.4 is 10.6 Å². The van der Waals surface area contributed by atoms with Gasteiger partial charge in [-0.3, -0.25) is 23.7 Å². The van der Waals surface area contributed by atoms with Crippen LogP contribution in [0.3, 0.4) is 0 Å². The first-order chi connectivity index (χ1) is 14.4. The second-order valence-corrected chi connectivity index (χ2v) is 8.50. The third-order valence-corrected chi connectivity index (χ3v) is 5.70. The molecule has 1 aromatic rings. The molecular formula is C14H17ClN6O8S2. The number of carbonyl (C=O) groups excluding carboxylic acids is 4. The van der Waals surface area contributed by atoms with E-state index < -0.39 is 51.7 Å². The Morgan fingerprint density at radius 1 is 1.42 bits per heavy atom. The summed E-state index contributed by atoms with van der Waals surface area (Å²) in [5.74, 6) is -3.95. The molecule has 0 radical (unpaired) electrons. The minimum Gasteiger partial charge on any atom is -0.398 e. The number of likely N-dealkylation sites (N-methyl/N-ethyl adjacent to an activating group) is 1. The first-order valence-corrected chi connectivity index (χ1v) is 11.0. The maximum atomic E-state index is 12.7. The number of thiazole rings is 1. The molecule has 0 spiro atoms. The normalized spacial score (nSPS) is 18.8. The Bertz CT molecular complexity index is 1040. The number of amides is 4. The lowest BCUT2D eigenvalue weighted by Crippen LogP contribution is -2.75. The van der Waals surface area contributed by atoms with Crippen LogP contribution in [0.2, 0.25) is 0 Å². The predicted octanol–water partition coefficient (Wildman–Crippen LogP) is -1.74. The lowest BCUT2D eigenvalue weighted by Gasteiger charge is -2.43. The zero-order valence-electron chi connectivity index (χ0n) is 16.2. The number of aromatic nitrogens is 1. The maximum absolute atomic E-state index is 12.7. The molecule has 4 amide bonds. The van der Waals surface area contributed by atoms with E-state index in [1.807, 2.05) is 0 Å². The molecule has 2 heterocycles. The van der Waals surface area contributed by atoms with Gasteiger partial charge in [0.15, 0.2) is 16.9 Å². The maximum Gasteiger partial charge on any atom is 0.363 e. The van der Waals surface area contributed by atoms with Crippen molar-refractivity contribution >= 4 is 67.7 Å². The number of alkyl halides is 1. The highest BCUT2D eigenvalue weighted by molar-refractivity contribution is 7.84. The third-order valence-electron chi connectivity index (χ3n) is 3.79. The number of hydrogen-bond acceptors (Lipinski definition) is 10. The molecule has 1 saturated heterocycles. The van der Waals surface area contributed by atoms with Gasteiger partial charge < -0.3 is 20.4 Å². The Morgan fingerprint density at radius 3 is 2.58 bits per heavy atom. The number of halogens is 1. The van der Waals surface area contributed by atoms with Crippen molar-refractivity contribution < 1.29 is 37.0 Å². The van der Waals surface area contributed by atoms with Crippen LogP contribution in [-0.4, -0.2) is 95.7 Å². The summed E-state index contributed by atoms with van der Waals surface area (Å²) in [5.41, 5.74) is -0.456. The standard InChI is InChI=1S/C14H17ClN6O8S2/c1-20(2)13(25)10-9(12(24)21(10)31(26,27)28)18-11(23)8(19-29-3)6-5-30-14(16-6)17-7(22)4-15/h5,9-10H,4H2,1-3H3,(H,18,23)(H,16,17,22)(H,26,27,28)/t9-,10-/m0/s1. The summed E-state index contributed by atoms with van der Waals surface area (Å²) in [6, 6.07) is -3.29. The second kappa shape index (κ2) is 9.54. The highest BCUT2D eigenvalue weighted by Crippen LogP contribution is 2.25. The summed E-state index contributed by atoms with van der Waals surface area (Å²) < 4.78 is 32.1. The molecule has 0 aromatic carbocycles. The third kappa shape index (κ3) is 5.27. The molecule has 2 rings (SSSR count). The Hall–Kier alpha value is -2.82. The van der Waals surface area contributed by atoms with E-state index in [0.29, 0.717) is 0 Å². The molecule has 3 N–H and O–H groups in total. The molecule has 31 heavy (non-hydrogen) atoms. The smallest absolute Gasteiger partial charge is 0.363 e. The van der Waals surface area contributed by atoms with Crippen LogP contribution in [0.15, 0.2) is 10.5 Å². The second-order valence-electron chi connectivity index (χ2n) is 6.08. The SMILES string of the molecule is CON=C(C(=O)N[C@@H]1C(=O)N(S(=O)(=O)O)[C@@H]1C(=O)N(C)C)c1csc(NC(=O)CCl)n1. The zero-order valence-corrected chi connectivity index (χ0v) is 18.6. The fourth-order valence-corrected chi connectivity index (χ4v) is 4.08. The fourth-order valence-electron chi connectivity index (χ4n) is 2.47. The quantitative estimate of drug-likeness (QED) is 0.123. The number of nitrogens with zero attached hydrogens (tertiary/aromatic N) is 4. The number of β-lactam (4-membered cyclic amide) rings is 1. The summed E-state index contributed by atoms with van der Waals surface area (Å²) in [6.07, 6.45) is 0. The molecule has 14 nitrogen and oxygen atoms in total.